The number of rotatable bonds is 3. The normalized spacial score (nSPS) is 16.6. The molecular formula is C14H18N4O2. The molecule has 0 aliphatic carbocycles. The Hall–Kier alpha value is -2.08. The summed E-state index contributed by atoms with van der Waals surface area (Å²) in [5, 5.41) is 6.94. The standard InChI is InChI=1S/C14H18N4O2/c1-2-17-5-7-18(8-6-17)14(19)12-10-11(15-16-12)13-4-3-9-20-13/h3-4,9-10H,2,5-8H2,1H3,(H,15,16). The molecule has 0 radical (unpaired) electrons. The van der Waals surface area contributed by atoms with Crippen LogP contribution in [0.1, 0.15) is 17.4 Å². The number of nitrogens with one attached hydrogen (secondary N) is 1. The summed E-state index contributed by atoms with van der Waals surface area (Å²) in [5.74, 6) is 0.669. The van der Waals surface area contributed by atoms with Crippen molar-refractivity contribution in [2.24, 2.45) is 0 Å². The van der Waals surface area contributed by atoms with Gasteiger partial charge in [0, 0.05) is 32.2 Å². The predicted molar refractivity (Wildman–Crippen MR) is 74.3 cm³/mol. The Morgan fingerprint density at radius 2 is 2.20 bits per heavy atom. The summed E-state index contributed by atoms with van der Waals surface area (Å²) in [6, 6.07) is 5.39. The van der Waals surface area contributed by atoms with E-state index in [1.165, 1.54) is 0 Å². The lowest BCUT2D eigenvalue weighted by Gasteiger charge is -2.33. The minimum Gasteiger partial charge on any atom is -0.463 e. The van der Waals surface area contributed by atoms with Crippen LogP contribution in [0, 0.1) is 0 Å². The Morgan fingerprint density at radius 3 is 2.85 bits per heavy atom. The van der Waals surface area contributed by atoms with Gasteiger partial charge in [-0.25, -0.2) is 0 Å². The van der Waals surface area contributed by atoms with Gasteiger partial charge < -0.3 is 14.2 Å². The van der Waals surface area contributed by atoms with Crippen LogP contribution in [0.15, 0.2) is 28.9 Å². The average molecular weight is 274 g/mol. The number of piperazine rings is 1. The van der Waals surface area contributed by atoms with Crippen molar-refractivity contribution < 1.29 is 9.21 Å². The van der Waals surface area contributed by atoms with Crippen molar-refractivity contribution in [3.63, 3.8) is 0 Å². The Bertz CT molecular complexity index is 568. The van der Waals surface area contributed by atoms with Crippen molar-refractivity contribution in [1.82, 2.24) is 20.0 Å². The molecule has 1 N–H and O–H groups in total. The van der Waals surface area contributed by atoms with Crippen LogP contribution in [-0.4, -0.2) is 58.6 Å². The van der Waals surface area contributed by atoms with E-state index >= 15 is 0 Å². The second-order valence-corrected chi connectivity index (χ2v) is 4.87. The second-order valence-electron chi connectivity index (χ2n) is 4.87. The van der Waals surface area contributed by atoms with Crippen LogP contribution in [0.3, 0.4) is 0 Å². The Kier molecular flexibility index (Phi) is 3.56. The highest BCUT2D eigenvalue weighted by molar-refractivity contribution is 5.93. The fraction of sp³-hybridized carbons (Fsp3) is 0.429. The van der Waals surface area contributed by atoms with E-state index in [1.807, 2.05) is 17.0 Å². The quantitative estimate of drug-likeness (QED) is 0.920. The first-order valence-corrected chi connectivity index (χ1v) is 6.89. The predicted octanol–water partition coefficient (Wildman–Crippen LogP) is 1.45. The first-order chi connectivity index (χ1) is 9.78. The van der Waals surface area contributed by atoms with Gasteiger partial charge in [0.15, 0.2) is 11.5 Å². The van der Waals surface area contributed by atoms with E-state index < -0.39 is 0 Å². The molecule has 1 fully saturated rings. The summed E-state index contributed by atoms with van der Waals surface area (Å²) in [5.41, 5.74) is 1.17. The highest BCUT2D eigenvalue weighted by Crippen LogP contribution is 2.18. The van der Waals surface area contributed by atoms with Crippen molar-refractivity contribution in [2.75, 3.05) is 32.7 Å². The van der Waals surface area contributed by atoms with Gasteiger partial charge in [0.05, 0.1) is 6.26 Å². The number of H-pyrrole nitrogens is 1. The van der Waals surface area contributed by atoms with Crippen LogP contribution < -0.4 is 0 Å². The van der Waals surface area contributed by atoms with Gasteiger partial charge in [-0.2, -0.15) is 5.10 Å². The summed E-state index contributed by atoms with van der Waals surface area (Å²) >= 11 is 0. The van der Waals surface area contributed by atoms with Crippen molar-refractivity contribution in [1.29, 1.82) is 0 Å². The van der Waals surface area contributed by atoms with Crippen LogP contribution in [0.5, 0.6) is 0 Å². The van der Waals surface area contributed by atoms with E-state index in [1.54, 1.807) is 12.3 Å². The van der Waals surface area contributed by atoms with Gasteiger partial charge in [0.2, 0.25) is 0 Å². The molecule has 6 heteroatoms. The molecule has 1 aliphatic heterocycles. The first-order valence-electron chi connectivity index (χ1n) is 6.89. The van der Waals surface area contributed by atoms with Gasteiger partial charge in [-0.1, -0.05) is 6.92 Å². The second kappa shape index (κ2) is 5.50. The third kappa shape index (κ3) is 2.46. The summed E-state index contributed by atoms with van der Waals surface area (Å²) in [7, 11) is 0. The first kappa shape index (κ1) is 12.9. The molecule has 0 unspecified atom stereocenters. The van der Waals surface area contributed by atoms with Crippen molar-refractivity contribution in [3.8, 4) is 11.5 Å². The highest BCUT2D eigenvalue weighted by Gasteiger charge is 2.23. The number of furan rings is 1. The van der Waals surface area contributed by atoms with Crippen LogP contribution in [0.4, 0.5) is 0 Å². The number of hydrogen-bond acceptors (Lipinski definition) is 4. The number of likely N-dealkylation sites (N-methyl/N-ethyl adjacent to an activating group) is 1. The summed E-state index contributed by atoms with van der Waals surface area (Å²) in [4.78, 5) is 16.6. The lowest BCUT2D eigenvalue weighted by molar-refractivity contribution is 0.0637. The van der Waals surface area contributed by atoms with Gasteiger partial charge in [-0.15, -0.1) is 0 Å². The van der Waals surface area contributed by atoms with Gasteiger partial charge in [0.1, 0.15) is 5.69 Å². The minimum atomic E-state index is -0.0187. The summed E-state index contributed by atoms with van der Waals surface area (Å²) in [6.07, 6.45) is 1.60. The number of amides is 1. The van der Waals surface area contributed by atoms with Crippen molar-refractivity contribution in [2.45, 2.75) is 6.92 Å². The number of hydrogen-bond donors (Lipinski definition) is 1. The van der Waals surface area contributed by atoms with E-state index in [9.17, 15) is 4.79 Å². The Labute approximate surface area is 117 Å². The zero-order valence-electron chi connectivity index (χ0n) is 11.5. The molecule has 2 aromatic heterocycles. The number of carbonyl (C=O) groups is 1. The fourth-order valence-electron chi connectivity index (χ4n) is 2.42. The molecule has 0 aromatic carbocycles. The average Bonchev–Trinajstić information content (AvgIpc) is 3.17. The van der Waals surface area contributed by atoms with E-state index in [0.717, 1.165) is 38.4 Å². The molecule has 1 saturated heterocycles. The molecule has 6 nitrogen and oxygen atoms in total. The van der Waals surface area contributed by atoms with E-state index in [0.29, 0.717) is 11.5 Å². The number of carbonyl (C=O) groups excluding carboxylic acids is 1. The third-order valence-corrected chi connectivity index (χ3v) is 3.69. The number of nitrogens with zero attached hydrogens (tertiary/aromatic N) is 3. The monoisotopic (exact) mass is 274 g/mol. The third-order valence-electron chi connectivity index (χ3n) is 3.69. The lowest BCUT2D eigenvalue weighted by Crippen LogP contribution is -2.48. The van der Waals surface area contributed by atoms with E-state index in [4.69, 9.17) is 4.42 Å². The maximum atomic E-state index is 12.4. The molecule has 1 amide bonds. The fourth-order valence-corrected chi connectivity index (χ4v) is 2.42. The molecule has 20 heavy (non-hydrogen) atoms. The molecule has 0 atom stereocenters. The van der Waals surface area contributed by atoms with Crippen molar-refractivity contribution >= 4 is 5.91 Å². The Balaban J connectivity index is 1.69. The Morgan fingerprint density at radius 1 is 1.40 bits per heavy atom. The number of aromatic amines is 1. The molecule has 3 heterocycles. The van der Waals surface area contributed by atoms with E-state index in [2.05, 4.69) is 22.0 Å². The largest absolute Gasteiger partial charge is 0.463 e. The molecular weight excluding hydrogens is 256 g/mol. The van der Waals surface area contributed by atoms with Crippen LogP contribution in [-0.2, 0) is 0 Å². The topological polar surface area (TPSA) is 65.4 Å². The molecule has 0 saturated carbocycles. The van der Waals surface area contributed by atoms with Crippen LogP contribution >= 0.6 is 0 Å². The van der Waals surface area contributed by atoms with Gasteiger partial charge in [-0.05, 0) is 18.7 Å². The summed E-state index contributed by atoms with van der Waals surface area (Å²) in [6.45, 7) is 6.55. The smallest absolute Gasteiger partial charge is 0.274 e. The zero-order valence-corrected chi connectivity index (χ0v) is 11.5. The van der Waals surface area contributed by atoms with E-state index in [-0.39, 0.29) is 5.91 Å². The highest BCUT2D eigenvalue weighted by atomic mass is 16.3. The SMILES string of the molecule is CCN1CCN(C(=O)c2cc(-c3ccco3)[nH]n2)CC1. The molecule has 106 valence electrons. The molecule has 0 bridgehead atoms. The molecule has 3 rings (SSSR count). The maximum Gasteiger partial charge on any atom is 0.274 e. The van der Waals surface area contributed by atoms with Gasteiger partial charge >= 0.3 is 0 Å². The number of aromatic nitrogens is 2. The van der Waals surface area contributed by atoms with Crippen LogP contribution in [0.2, 0.25) is 0 Å². The van der Waals surface area contributed by atoms with Crippen LogP contribution in [0.25, 0.3) is 11.5 Å². The maximum absolute atomic E-state index is 12.4. The molecule has 2 aromatic rings. The summed E-state index contributed by atoms with van der Waals surface area (Å²) < 4.78 is 5.28. The van der Waals surface area contributed by atoms with Gasteiger partial charge in [-0.3, -0.25) is 9.89 Å². The minimum absolute atomic E-state index is 0.0187. The lowest BCUT2D eigenvalue weighted by atomic mass is 10.2. The zero-order chi connectivity index (χ0) is 13.9. The van der Waals surface area contributed by atoms with Crippen molar-refractivity contribution in [3.05, 3.63) is 30.2 Å². The molecule has 0 spiro atoms. The van der Waals surface area contributed by atoms with Gasteiger partial charge in [0.25, 0.3) is 5.91 Å². The molecule has 1 aliphatic rings.